The zero-order valence-corrected chi connectivity index (χ0v) is 7.22. The molecule has 0 aliphatic heterocycles. The molecule has 0 aliphatic rings. The third kappa shape index (κ3) is 4.20. The van der Waals surface area contributed by atoms with Crippen molar-refractivity contribution in [3.8, 4) is 0 Å². The second-order valence-electron chi connectivity index (χ2n) is 2.52. The molecule has 0 unspecified atom stereocenters. The Labute approximate surface area is 68.6 Å². The van der Waals surface area contributed by atoms with Crippen molar-refractivity contribution < 1.29 is 0 Å². The average Bonchev–Trinajstić information content (AvgIpc) is 1.87. The first-order valence-corrected chi connectivity index (χ1v) is 3.50. The lowest BCUT2D eigenvalue weighted by Gasteiger charge is -1.96. The standard InChI is InChI=1S/C10H15N/c1-5-10(8(2)3)7-6-9(4)11/h5-7H,1-2,11H2,3-4H3/b9-6-,10-7+. The Morgan fingerprint density at radius 2 is 1.82 bits per heavy atom. The molecule has 0 aromatic heterocycles. The Bertz CT molecular complexity index is 215. The molecule has 0 saturated heterocycles. The van der Waals surface area contributed by atoms with Crippen LogP contribution >= 0.6 is 0 Å². The van der Waals surface area contributed by atoms with Gasteiger partial charge in [-0.15, -0.1) is 0 Å². The number of rotatable bonds is 3. The maximum Gasteiger partial charge on any atom is 0.00490 e. The summed E-state index contributed by atoms with van der Waals surface area (Å²) in [5.41, 5.74) is 8.25. The highest BCUT2D eigenvalue weighted by Crippen LogP contribution is 2.07. The van der Waals surface area contributed by atoms with Crippen LogP contribution in [0.25, 0.3) is 0 Å². The number of hydrogen-bond donors (Lipinski definition) is 1. The highest BCUT2D eigenvalue weighted by Gasteiger charge is 1.87. The summed E-state index contributed by atoms with van der Waals surface area (Å²) in [6.07, 6.45) is 5.51. The summed E-state index contributed by atoms with van der Waals surface area (Å²) < 4.78 is 0. The van der Waals surface area contributed by atoms with E-state index in [1.54, 1.807) is 6.08 Å². The van der Waals surface area contributed by atoms with E-state index in [2.05, 4.69) is 13.2 Å². The molecule has 0 spiro atoms. The summed E-state index contributed by atoms with van der Waals surface area (Å²) in [7, 11) is 0. The molecular weight excluding hydrogens is 134 g/mol. The van der Waals surface area contributed by atoms with E-state index in [1.165, 1.54) is 0 Å². The lowest BCUT2D eigenvalue weighted by molar-refractivity contribution is 1.31. The lowest BCUT2D eigenvalue weighted by Crippen LogP contribution is -1.88. The minimum absolute atomic E-state index is 0.783. The predicted octanol–water partition coefficient (Wildman–Crippen LogP) is 2.54. The molecule has 11 heavy (non-hydrogen) atoms. The molecule has 0 aliphatic carbocycles. The maximum atomic E-state index is 5.45. The Morgan fingerprint density at radius 1 is 1.27 bits per heavy atom. The van der Waals surface area contributed by atoms with Gasteiger partial charge >= 0.3 is 0 Å². The van der Waals surface area contributed by atoms with Crippen molar-refractivity contribution >= 4 is 0 Å². The van der Waals surface area contributed by atoms with Crippen molar-refractivity contribution in [3.63, 3.8) is 0 Å². The summed E-state index contributed by atoms with van der Waals surface area (Å²) in [5.74, 6) is 0. The van der Waals surface area contributed by atoms with Gasteiger partial charge in [-0.05, 0) is 25.5 Å². The molecule has 0 bridgehead atoms. The first-order valence-electron chi connectivity index (χ1n) is 3.50. The molecule has 1 nitrogen and oxygen atoms in total. The quantitative estimate of drug-likeness (QED) is 0.613. The fourth-order valence-corrected chi connectivity index (χ4v) is 0.606. The molecule has 0 rings (SSSR count). The zero-order chi connectivity index (χ0) is 8.85. The highest BCUT2D eigenvalue weighted by atomic mass is 14.5. The van der Waals surface area contributed by atoms with Crippen LogP contribution in [0.5, 0.6) is 0 Å². The van der Waals surface area contributed by atoms with Crippen LogP contribution in [0.3, 0.4) is 0 Å². The van der Waals surface area contributed by atoms with E-state index in [1.807, 2.05) is 26.0 Å². The molecular formula is C10H15N. The molecule has 0 amide bonds. The summed E-state index contributed by atoms with van der Waals surface area (Å²) in [6.45, 7) is 11.2. The van der Waals surface area contributed by atoms with Crippen molar-refractivity contribution in [1.82, 2.24) is 0 Å². The van der Waals surface area contributed by atoms with Gasteiger partial charge in [0.25, 0.3) is 0 Å². The van der Waals surface area contributed by atoms with Crippen molar-refractivity contribution in [2.24, 2.45) is 5.73 Å². The van der Waals surface area contributed by atoms with Crippen LogP contribution < -0.4 is 5.73 Å². The van der Waals surface area contributed by atoms with Crippen molar-refractivity contribution in [3.05, 3.63) is 48.2 Å². The molecule has 60 valence electrons. The minimum atomic E-state index is 0.783. The SMILES string of the molecule is C=C/C(=C\C=C(\C)N)C(=C)C. The van der Waals surface area contributed by atoms with Gasteiger partial charge in [-0.1, -0.05) is 30.9 Å². The second-order valence-corrected chi connectivity index (χ2v) is 2.52. The fraction of sp³-hybridized carbons (Fsp3) is 0.200. The summed E-state index contributed by atoms with van der Waals surface area (Å²) in [4.78, 5) is 0. The van der Waals surface area contributed by atoms with E-state index in [0.717, 1.165) is 16.8 Å². The van der Waals surface area contributed by atoms with Gasteiger partial charge in [0.15, 0.2) is 0 Å². The van der Waals surface area contributed by atoms with Crippen LogP contribution in [-0.2, 0) is 0 Å². The highest BCUT2D eigenvalue weighted by molar-refractivity contribution is 5.38. The second kappa shape index (κ2) is 4.56. The van der Waals surface area contributed by atoms with Gasteiger partial charge in [-0.3, -0.25) is 0 Å². The predicted molar refractivity (Wildman–Crippen MR) is 51.0 cm³/mol. The smallest absolute Gasteiger partial charge is 0.00490 e. The Hall–Kier alpha value is -1.24. The van der Waals surface area contributed by atoms with Crippen LogP contribution in [-0.4, -0.2) is 0 Å². The van der Waals surface area contributed by atoms with Crippen LogP contribution in [0.4, 0.5) is 0 Å². The number of allylic oxidation sites excluding steroid dienone is 6. The van der Waals surface area contributed by atoms with Crippen molar-refractivity contribution in [2.45, 2.75) is 13.8 Å². The van der Waals surface area contributed by atoms with Crippen LogP contribution in [0.2, 0.25) is 0 Å². The molecule has 0 atom stereocenters. The zero-order valence-electron chi connectivity index (χ0n) is 7.22. The molecule has 2 N–H and O–H groups in total. The normalized spacial score (nSPS) is 12.9. The Kier molecular flexibility index (Phi) is 4.04. The third-order valence-corrected chi connectivity index (χ3v) is 1.24. The Balaban J connectivity index is 4.50. The molecule has 0 radical (unpaired) electrons. The van der Waals surface area contributed by atoms with Gasteiger partial charge in [0.05, 0.1) is 0 Å². The molecule has 1 heteroatoms. The molecule has 0 fully saturated rings. The van der Waals surface area contributed by atoms with E-state index < -0.39 is 0 Å². The van der Waals surface area contributed by atoms with Gasteiger partial charge < -0.3 is 5.73 Å². The first kappa shape index (κ1) is 9.76. The lowest BCUT2D eigenvalue weighted by atomic mass is 10.1. The maximum absolute atomic E-state index is 5.45. The van der Waals surface area contributed by atoms with Gasteiger partial charge in [0.2, 0.25) is 0 Å². The van der Waals surface area contributed by atoms with E-state index >= 15 is 0 Å². The van der Waals surface area contributed by atoms with Crippen LogP contribution in [0.15, 0.2) is 48.2 Å². The topological polar surface area (TPSA) is 26.0 Å². The molecule has 0 heterocycles. The molecule has 0 aromatic rings. The summed E-state index contributed by atoms with van der Waals surface area (Å²) in [5, 5.41) is 0. The van der Waals surface area contributed by atoms with Gasteiger partial charge in [-0.25, -0.2) is 0 Å². The number of nitrogens with two attached hydrogens (primary N) is 1. The van der Waals surface area contributed by atoms with E-state index in [-0.39, 0.29) is 0 Å². The monoisotopic (exact) mass is 149 g/mol. The van der Waals surface area contributed by atoms with Crippen LogP contribution in [0.1, 0.15) is 13.8 Å². The molecule has 0 saturated carbocycles. The average molecular weight is 149 g/mol. The van der Waals surface area contributed by atoms with Gasteiger partial charge in [0, 0.05) is 5.70 Å². The van der Waals surface area contributed by atoms with Crippen molar-refractivity contribution in [2.75, 3.05) is 0 Å². The van der Waals surface area contributed by atoms with Crippen LogP contribution in [0, 0.1) is 0 Å². The van der Waals surface area contributed by atoms with Crippen molar-refractivity contribution in [1.29, 1.82) is 0 Å². The number of hydrogen-bond acceptors (Lipinski definition) is 1. The minimum Gasteiger partial charge on any atom is -0.402 e. The van der Waals surface area contributed by atoms with Gasteiger partial charge in [0.1, 0.15) is 0 Å². The Morgan fingerprint density at radius 3 is 2.09 bits per heavy atom. The molecule has 0 aromatic carbocycles. The van der Waals surface area contributed by atoms with Gasteiger partial charge in [-0.2, -0.15) is 0 Å². The van der Waals surface area contributed by atoms with E-state index in [9.17, 15) is 0 Å². The largest absolute Gasteiger partial charge is 0.402 e. The summed E-state index contributed by atoms with van der Waals surface area (Å²) in [6, 6.07) is 0. The third-order valence-electron chi connectivity index (χ3n) is 1.24. The fourth-order valence-electron chi connectivity index (χ4n) is 0.606. The summed E-state index contributed by atoms with van der Waals surface area (Å²) >= 11 is 0. The van der Waals surface area contributed by atoms with E-state index in [0.29, 0.717) is 0 Å². The van der Waals surface area contributed by atoms with E-state index in [4.69, 9.17) is 5.73 Å². The first-order chi connectivity index (χ1) is 5.07.